The smallest absolute Gasteiger partial charge is 0.326 e. The number of aliphatic carboxylic acids is 1. The van der Waals surface area contributed by atoms with E-state index in [1.54, 1.807) is 19.1 Å². The molecule has 0 saturated heterocycles. The fourth-order valence-electron chi connectivity index (χ4n) is 1.37. The van der Waals surface area contributed by atoms with Crippen LogP contribution in [0.3, 0.4) is 0 Å². The number of halogens is 1. The number of nitrogens with one attached hydrogen (secondary N) is 1. The first-order chi connectivity index (χ1) is 7.90. The highest BCUT2D eigenvalue weighted by Gasteiger charge is 2.20. The third kappa shape index (κ3) is 4.03. The molecular formula is C11H13ClN2O3. The van der Waals surface area contributed by atoms with E-state index in [2.05, 4.69) is 10.3 Å². The maximum atomic E-state index is 10.9. The second-order valence-corrected chi connectivity index (χ2v) is 4.06. The molecule has 17 heavy (non-hydrogen) atoms. The van der Waals surface area contributed by atoms with Crippen molar-refractivity contribution in [2.24, 2.45) is 0 Å². The van der Waals surface area contributed by atoms with E-state index in [9.17, 15) is 9.59 Å². The topological polar surface area (TPSA) is 79.3 Å². The van der Waals surface area contributed by atoms with Crippen molar-refractivity contribution in [1.82, 2.24) is 10.3 Å². The molecule has 1 rings (SSSR count). The van der Waals surface area contributed by atoms with Gasteiger partial charge in [-0.2, -0.15) is 0 Å². The molecule has 1 atom stereocenters. The molecule has 0 aliphatic heterocycles. The fraction of sp³-hybridized carbons (Fsp3) is 0.364. The molecule has 0 fully saturated rings. The van der Waals surface area contributed by atoms with Crippen molar-refractivity contribution in [3.63, 3.8) is 0 Å². The van der Waals surface area contributed by atoms with Crippen molar-refractivity contribution in [3.05, 3.63) is 28.5 Å². The van der Waals surface area contributed by atoms with E-state index in [4.69, 9.17) is 16.7 Å². The lowest BCUT2D eigenvalue weighted by Crippen LogP contribution is -2.41. The first-order valence-electron chi connectivity index (χ1n) is 5.02. The first kappa shape index (κ1) is 13.4. The largest absolute Gasteiger partial charge is 0.480 e. The number of carbonyl (C=O) groups excluding carboxylic acids is 1. The lowest BCUT2D eigenvalue weighted by Gasteiger charge is -2.13. The number of nitrogens with zero attached hydrogens (tertiary/aromatic N) is 1. The molecule has 1 amide bonds. The molecule has 0 saturated carbocycles. The van der Waals surface area contributed by atoms with Crippen LogP contribution >= 0.6 is 11.6 Å². The summed E-state index contributed by atoms with van der Waals surface area (Å²) in [4.78, 5) is 25.8. The van der Waals surface area contributed by atoms with E-state index in [1.165, 1.54) is 6.92 Å². The van der Waals surface area contributed by atoms with Gasteiger partial charge in [0.05, 0.1) is 0 Å². The third-order valence-electron chi connectivity index (χ3n) is 2.16. The Kier molecular flexibility index (Phi) is 4.45. The average molecular weight is 257 g/mol. The van der Waals surface area contributed by atoms with Gasteiger partial charge in [-0.3, -0.25) is 4.79 Å². The lowest BCUT2D eigenvalue weighted by atomic mass is 10.1. The van der Waals surface area contributed by atoms with Gasteiger partial charge in [-0.25, -0.2) is 9.78 Å². The molecule has 6 heteroatoms. The van der Waals surface area contributed by atoms with Crippen molar-refractivity contribution in [2.45, 2.75) is 26.3 Å². The van der Waals surface area contributed by atoms with Gasteiger partial charge in [0.2, 0.25) is 5.91 Å². The first-order valence-corrected chi connectivity index (χ1v) is 5.40. The summed E-state index contributed by atoms with van der Waals surface area (Å²) < 4.78 is 0. The van der Waals surface area contributed by atoms with Gasteiger partial charge in [0.25, 0.3) is 0 Å². The summed E-state index contributed by atoms with van der Waals surface area (Å²) in [6, 6.07) is 2.46. The van der Waals surface area contributed by atoms with Gasteiger partial charge in [-0.15, -0.1) is 0 Å². The molecule has 0 radical (unpaired) electrons. The standard InChI is InChI=1S/C11H13ClN2O3/c1-6-3-4-8(10(12)13-6)5-9(11(16)17)14-7(2)15/h3-4,9H,5H2,1-2H3,(H,14,15)(H,16,17). The summed E-state index contributed by atoms with van der Waals surface area (Å²) in [6.45, 7) is 3.06. The number of carboxylic acid groups (broad SMARTS) is 1. The minimum absolute atomic E-state index is 0.112. The normalized spacial score (nSPS) is 11.9. The molecule has 0 aliphatic carbocycles. The molecule has 0 bridgehead atoms. The Bertz CT molecular complexity index is 448. The van der Waals surface area contributed by atoms with Gasteiger partial charge >= 0.3 is 5.97 Å². The number of carboxylic acids is 1. The zero-order valence-electron chi connectivity index (χ0n) is 9.53. The van der Waals surface area contributed by atoms with Crippen molar-refractivity contribution in [2.75, 3.05) is 0 Å². The molecule has 1 unspecified atom stereocenters. The molecular weight excluding hydrogens is 244 g/mol. The highest BCUT2D eigenvalue weighted by Crippen LogP contribution is 2.15. The summed E-state index contributed by atoms with van der Waals surface area (Å²) in [5.41, 5.74) is 1.35. The van der Waals surface area contributed by atoms with E-state index in [0.717, 1.165) is 5.69 Å². The second-order valence-electron chi connectivity index (χ2n) is 3.70. The molecule has 5 nitrogen and oxygen atoms in total. The number of aromatic nitrogens is 1. The fourth-order valence-corrected chi connectivity index (χ4v) is 1.64. The van der Waals surface area contributed by atoms with Crippen LogP contribution < -0.4 is 5.32 Å². The molecule has 2 N–H and O–H groups in total. The number of carbonyl (C=O) groups is 2. The zero-order chi connectivity index (χ0) is 13.0. The number of amides is 1. The van der Waals surface area contributed by atoms with Crippen LogP contribution in [0.2, 0.25) is 5.15 Å². The number of aryl methyl sites for hydroxylation is 1. The van der Waals surface area contributed by atoms with Gasteiger partial charge in [0, 0.05) is 19.0 Å². The molecule has 92 valence electrons. The number of hydrogen-bond acceptors (Lipinski definition) is 3. The van der Waals surface area contributed by atoms with E-state index < -0.39 is 17.9 Å². The van der Waals surface area contributed by atoms with Gasteiger partial charge < -0.3 is 10.4 Å². The summed E-state index contributed by atoms with van der Waals surface area (Å²) in [5, 5.41) is 11.6. The molecule has 0 aromatic carbocycles. The van der Waals surface area contributed by atoms with Gasteiger partial charge in [0.15, 0.2) is 0 Å². The monoisotopic (exact) mass is 256 g/mol. The van der Waals surface area contributed by atoms with Crippen molar-refractivity contribution in [1.29, 1.82) is 0 Å². The minimum atomic E-state index is -1.10. The van der Waals surface area contributed by atoms with Gasteiger partial charge in [-0.05, 0) is 18.6 Å². The Morgan fingerprint density at radius 3 is 2.65 bits per heavy atom. The molecule has 0 spiro atoms. The highest BCUT2D eigenvalue weighted by molar-refractivity contribution is 6.30. The van der Waals surface area contributed by atoms with Crippen LogP contribution in [0, 0.1) is 6.92 Å². The summed E-state index contributed by atoms with van der Waals surface area (Å²) in [7, 11) is 0. The van der Waals surface area contributed by atoms with Crippen molar-refractivity contribution >= 4 is 23.5 Å². The summed E-state index contributed by atoms with van der Waals surface area (Å²) >= 11 is 5.90. The van der Waals surface area contributed by atoms with Crippen molar-refractivity contribution < 1.29 is 14.7 Å². The van der Waals surface area contributed by atoms with E-state index in [1.807, 2.05) is 0 Å². The van der Waals surface area contributed by atoms with Crippen LogP contribution in [-0.2, 0) is 16.0 Å². The lowest BCUT2D eigenvalue weighted by molar-refractivity contribution is -0.141. The second kappa shape index (κ2) is 5.63. The zero-order valence-corrected chi connectivity index (χ0v) is 10.3. The predicted molar refractivity (Wildman–Crippen MR) is 62.9 cm³/mol. The molecule has 1 aromatic heterocycles. The highest BCUT2D eigenvalue weighted by atomic mass is 35.5. The van der Waals surface area contributed by atoms with Crippen LogP contribution in [-0.4, -0.2) is 28.0 Å². The Morgan fingerprint density at radius 2 is 2.18 bits per heavy atom. The van der Waals surface area contributed by atoms with Crippen molar-refractivity contribution in [3.8, 4) is 0 Å². The average Bonchev–Trinajstić information content (AvgIpc) is 2.19. The van der Waals surface area contributed by atoms with E-state index in [0.29, 0.717) is 5.56 Å². The van der Waals surface area contributed by atoms with Crippen LogP contribution in [0.4, 0.5) is 0 Å². The van der Waals surface area contributed by atoms with Crippen LogP contribution in [0.25, 0.3) is 0 Å². The van der Waals surface area contributed by atoms with Crippen LogP contribution in [0.5, 0.6) is 0 Å². The third-order valence-corrected chi connectivity index (χ3v) is 2.49. The summed E-state index contributed by atoms with van der Waals surface area (Å²) in [6.07, 6.45) is 0.112. The number of pyridine rings is 1. The Balaban J connectivity index is 2.86. The Hall–Kier alpha value is -1.62. The minimum Gasteiger partial charge on any atom is -0.480 e. The molecule has 0 aliphatic rings. The maximum Gasteiger partial charge on any atom is 0.326 e. The predicted octanol–water partition coefficient (Wildman–Crippen LogP) is 1.18. The molecule has 1 heterocycles. The SMILES string of the molecule is CC(=O)NC(Cc1ccc(C)nc1Cl)C(=O)O. The number of hydrogen-bond donors (Lipinski definition) is 2. The maximum absolute atomic E-state index is 10.9. The van der Waals surface area contributed by atoms with Gasteiger partial charge in [-0.1, -0.05) is 17.7 Å². The van der Waals surface area contributed by atoms with E-state index >= 15 is 0 Å². The summed E-state index contributed by atoms with van der Waals surface area (Å²) in [5.74, 6) is -1.49. The van der Waals surface area contributed by atoms with E-state index in [-0.39, 0.29) is 11.6 Å². The van der Waals surface area contributed by atoms with Gasteiger partial charge in [0.1, 0.15) is 11.2 Å². The Morgan fingerprint density at radius 1 is 1.53 bits per heavy atom. The number of rotatable bonds is 4. The van der Waals surface area contributed by atoms with Crippen LogP contribution in [0.1, 0.15) is 18.2 Å². The van der Waals surface area contributed by atoms with Crippen LogP contribution in [0.15, 0.2) is 12.1 Å². The molecule has 1 aromatic rings. The Labute approximate surface area is 104 Å². The quantitative estimate of drug-likeness (QED) is 0.793.